The molecule has 0 radical (unpaired) electrons. The molecule has 3 rings (SSSR count). The van der Waals surface area contributed by atoms with E-state index in [1.165, 1.54) is 10.9 Å². The molecule has 1 atom stereocenters. The molecule has 162 valence electrons. The fraction of sp³-hybridized carbons (Fsp3) is 0.261. The van der Waals surface area contributed by atoms with Crippen molar-refractivity contribution in [3.05, 3.63) is 91.7 Å². The van der Waals surface area contributed by atoms with Gasteiger partial charge in [-0.1, -0.05) is 24.3 Å². The van der Waals surface area contributed by atoms with Gasteiger partial charge in [0.05, 0.1) is 12.0 Å². The second-order valence-corrected chi connectivity index (χ2v) is 8.38. The zero-order valence-corrected chi connectivity index (χ0v) is 18.3. The number of hydrogen-bond acceptors (Lipinski definition) is 6. The maximum Gasteiger partial charge on any atom is 0.274 e. The minimum absolute atomic E-state index is 0.0978. The lowest BCUT2D eigenvalue weighted by Crippen LogP contribution is -2.33. The number of carbonyl (C=O) groups is 1. The van der Waals surface area contributed by atoms with Crippen molar-refractivity contribution in [1.82, 2.24) is 4.90 Å². The zero-order chi connectivity index (χ0) is 22.4. The van der Waals surface area contributed by atoms with Crippen LogP contribution < -0.4 is 10.5 Å². The lowest BCUT2D eigenvalue weighted by molar-refractivity contribution is -0.385. The second-order valence-electron chi connectivity index (χ2n) is 7.35. The third-order valence-corrected chi connectivity index (χ3v) is 6.08. The van der Waals surface area contributed by atoms with Crippen molar-refractivity contribution in [2.45, 2.75) is 32.5 Å². The Labute approximate surface area is 185 Å². The molecule has 0 saturated carbocycles. The first-order chi connectivity index (χ1) is 14.9. The summed E-state index contributed by atoms with van der Waals surface area (Å²) in [4.78, 5) is 26.1. The Morgan fingerprint density at radius 2 is 1.94 bits per heavy atom. The molecule has 1 amide bonds. The van der Waals surface area contributed by atoms with Crippen LogP contribution in [-0.2, 0) is 19.5 Å². The van der Waals surface area contributed by atoms with Gasteiger partial charge in [0.1, 0.15) is 5.75 Å². The van der Waals surface area contributed by atoms with Crippen molar-refractivity contribution in [1.29, 1.82) is 0 Å². The SMILES string of the molecule is COc1ccc(CN(Cc2ccc(C(N)=O)cc2[N+](=O)[O-])C(C)Cc2cccs2)cc1. The lowest BCUT2D eigenvalue weighted by Gasteiger charge is -2.29. The normalized spacial score (nSPS) is 12.0. The summed E-state index contributed by atoms with van der Waals surface area (Å²) in [6.45, 7) is 3.10. The highest BCUT2D eigenvalue weighted by atomic mass is 32.1. The summed E-state index contributed by atoms with van der Waals surface area (Å²) in [5.74, 6) is 0.0930. The standard InChI is InChI=1S/C23H25N3O4S/c1-16(12-21-4-3-11-31-21)25(14-17-5-9-20(30-2)10-6-17)15-19-8-7-18(23(24)27)13-22(19)26(28)29/h3-11,13,16H,12,14-15H2,1-2H3,(H2,24,27). The maximum absolute atomic E-state index is 11.7. The quantitative estimate of drug-likeness (QED) is 0.373. The number of rotatable bonds is 10. The number of hydrogen-bond donors (Lipinski definition) is 1. The smallest absolute Gasteiger partial charge is 0.274 e. The van der Waals surface area contributed by atoms with Crippen LogP contribution in [0.3, 0.4) is 0 Å². The van der Waals surface area contributed by atoms with Gasteiger partial charge in [-0.05, 0) is 48.6 Å². The Kier molecular flexibility index (Phi) is 7.38. The van der Waals surface area contributed by atoms with E-state index in [2.05, 4.69) is 17.9 Å². The third-order valence-electron chi connectivity index (χ3n) is 5.18. The van der Waals surface area contributed by atoms with E-state index in [9.17, 15) is 14.9 Å². The van der Waals surface area contributed by atoms with E-state index in [1.54, 1.807) is 30.6 Å². The van der Waals surface area contributed by atoms with Crippen molar-refractivity contribution in [3.8, 4) is 5.75 Å². The maximum atomic E-state index is 11.7. The van der Waals surface area contributed by atoms with Gasteiger partial charge in [-0.3, -0.25) is 19.8 Å². The van der Waals surface area contributed by atoms with Crippen LogP contribution in [0.1, 0.15) is 33.3 Å². The molecular weight excluding hydrogens is 414 g/mol. The van der Waals surface area contributed by atoms with Crippen molar-refractivity contribution >= 4 is 22.9 Å². The van der Waals surface area contributed by atoms with Crippen LogP contribution in [0.4, 0.5) is 5.69 Å². The largest absolute Gasteiger partial charge is 0.497 e. The monoisotopic (exact) mass is 439 g/mol. The number of nitro groups is 1. The molecule has 1 unspecified atom stereocenters. The molecule has 31 heavy (non-hydrogen) atoms. The summed E-state index contributed by atoms with van der Waals surface area (Å²) >= 11 is 1.70. The summed E-state index contributed by atoms with van der Waals surface area (Å²) in [7, 11) is 1.62. The number of thiophene rings is 1. The number of benzene rings is 2. The molecule has 1 aromatic heterocycles. The number of nitrogens with zero attached hydrogens (tertiary/aromatic N) is 2. The van der Waals surface area contributed by atoms with E-state index in [-0.39, 0.29) is 17.3 Å². The Hall–Kier alpha value is -3.23. The molecule has 1 heterocycles. The molecule has 0 aliphatic heterocycles. The average molecular weight is 440 g/mol. The first-order valence-electron chi connectivity index (χ1n) is 9.84. The number of ether oxygens (including phenoxy) is 1. The average Bonchev–Trinajstić information content (AvgIpc) is 3.26. The van der Waals surface area contributed by atoms with Crippen LogP contribution >= 0.6 is 11.3 Å². The number of methoxy groups -OCH3 is 1. The molecule has 3 aromatic rings. The fourth-order valence-corrected chi connectivity index (χ4v) is 4.25. The zero-order valence-electron chi connectivity index (χ0n) is 17.5. The molecule has 0 bridgehead atoms. The summed E-state index contributed by atoms with van der Waals surface area (Å²) in [5.41, 5.74) is 6.96. The Morgan fingerprint density at radius 1 is 1.19 bits per heavy atom. The molecule has 0 aliphatic rings. The lowest BCUT2D eigenvalue weighted by atomic mass is 10.1. The molecule has 0 fully saturated rings. The molecule has 8 heteroatoms. The van der Waals surface area contributed by atoms with Gasteiger partial charge in [-0.15, -0.1) is 11.3 Å². The molecule has 2 aromatic carbocycles. The van der Waals surface area contributed by atoms with Gasteiger partial charge in [0.2, 0.25) is 5.91 Å². The van der Waals surface area contributed by atoms with Crippen LogP contribution in [0.25, 0.3) is 0 Å². The third kappa shape index (κ3) is 5.90. The molecule has 2 N–H and O–H groups in total. The number of nitro benzene ring substituents is 1. The van der Waals surface area contributed by atoms with Crippen LogP contribution in [-0.4, -0.2) is 28.9 Å². The molecular formula is C23H25N3O4S. The van der Waals surface area contributed by atoms with Gasteiger partial charge in [-0.2, -0.15) is 0 Å². The highest BCUT2D eigenvalue weighted by Gasteiger charge is 2.22. The summed E-state index contributed by atoms with van der Waals surface area (Å²) < 4.78 is 5.24. The second kappa shape index (κ2) is 10.2. The molecule has 0 spiro atoms. The van der Waals surface area contributed by atoms with Gasteiger partial charge in [0, 0.05) is 41.2 Å². The highest BCUT2D eigenvalue weighted by molar-refractivity contribution is 7.09. The minimum Gasteiger partial charge on any atom is -0.497 e. The van der Waals surface area contributed by atoms with Gasteiger partial charge in [0.15, 0.2) is 0 Å². The predicted octanol–water partition coefficient (Wildman–Crippen LogP) is 4.40. The number of nitrogens with two attached hydrogens (primary N) is 1. The molecule has 0 aliphatic carbocycles. The van der Waals surface area contributed by atoms with Crippen molar-refractivity contribution in [3.63, 3.8) is 0 Å². The van der Waals surface area contributed by atoms with E-state index in [1.807, 2.05) is 35.7 Å². The first-order valence-corrected chi connectivity index (χ1v) is 10.7. The van der Waals surface area contributed by atoms with E-state index in [0.717, 1.165) is 17.7 Å². The van der Waals surface area contributed by atoms with Crippen LogP contribution in [0.5, 0.6) is 5.75 Å². The molecule has 7 nitrogen and oxygen atoms in total. The number of carbonyl (C=O) groups excluding carboxylic acids is 1. The summed E-state index contributed by atoms with van der Waals surface area (Å²) in [6.07, 6.45) is 0.834. The fourth-order valence-electron chi connectivity index (χ4n) is 3.42. The van der Waals surface area contributed by atoms with E-state index < -0.39 is 10.8 Å². The number of primary amides is 1. The Bertz CT molecular complexity index is 1040. The van der Waals surface area contributed by atoms with Crippen LogP contribution in [0, 0.1) is 10.1 Å². The first kappa shape index (κ1) is 22.5. The Balaban J connectivity index is 1.89. The summed E-state index contributed by atoms with van der Waals surface area (Å²) in [6, 6.07) is 16.5. The van der Waals surface area contributed by atoms with Gasteiger partial charge >= 0.3 is 0 Å². The van der Waals surface area contributed by atoms with Gasteiger partial charge in [-0.25, -0.2) is 0 Å². The Morgan fingerprint density at radius 3 is 2.52 bits per heavy atom. The van der Waals surface area contributed by atoms with Crippen molar-refractivity contribution < 1.29 is 14.5 Å². The van der Waals surface area contributed by atoms with Gasteiger partial charge < -0.3 is 10.5 Å². The highest BCUT2D eigenvalue weighted by Crippen LogP contribution is 2.25. The predicted molar refractivity (Wildman–Crippen MR) is 121 cm³/mol. The van der Waals surface area contributed by atoms with E-state index in [0.29, 0.717) is 18.7 Å². The van der Waals surface area contributed by atoms with Crippen molar-refractivity contribution in [2.75, 3.05) is 7.11 Å². The summed E-state index contributed by atoms with van der Waals surface area (Å²) in [5, 5.41) is 13.7. The van der Waals surface area contributed by atoms with Crippen LogP contribution in [0.2, 0.25) is 0 Å². The molecule has 0 saturated heterocycles. The number of amides is 1. The van der Waals surface area contributed by atoms with Crippen molar-refractivity contribution in [2.24, 2.45) is 5.73 Å². The van der Waals surface area contributed by atoms with Crippen LogP contribution in [0.15, 0.2) is 60.0 Å². The van der Waals surface area contributed by atoms with E-state index in [4.69, 9.17) is 10.5 Å². The van der Waals surface area contributed by atoms with E-state index >= 15 is 0 Å². The minimum atomic E-state index is -0.684. The van der Waals surface area contributed by atoms with Gasteiger partial charge in [0.25, 0.3) is 5.69 Å². The topological polar surface area (TPSA) is 98.7 Å².